The summed E-state index contributed by atoms with van der Waals surface area (Å²) in [5, 5.41) is 13.2. The van der Waals surface area contributed by atoms with E-state index in [1.165, 1.54) is 18.1 Å². The minimum Gasteiger partial charge on any atom is -0.481 e. The van der Waals surface area contributed by atoms with E-state index in [-0.39, 0.29) is 57.8 Å². The first-order valence-electron chi connectivity index (χ1n) is 20.8. The highest BCUT2D eigenvalue weighted by molar-refractivity contribution is 6.01. The Kier molecular flexibility index (Phi) is 10.7. The van der Waals surface area contributed by atoms with Crippen molar-refractivity contribution in [3.05, 3.63) is 47.0 Å². The summed E-state index contributed by atoms with van der Waals surface area (Å²) in [6, 6.07) is 10.3. The molecule has 1 aromatic carbocycles. The van der Waals surface area contributed by atoms with Crippen molar-refractivity contribution >= 4 is 23.7 Å². The number of carbonyl (C=O) groups excluding carboxylic acids is 3. The van der Waals surface area contributed by atoms with Gasteiger partial charge in [-0.25, -0.2) is 0 Å². The molecule has 4 saturated carbocycles. The molecule has 0 bridgehead atoms. The number of rotatable bonds is 11. The van der Waals surface area contributed by atoms with E-state index < -0.39 is 28.9 Å². The average molecular weight is 746 g/mol. The zero-order valence-electron chi connectivity index (χ0n) is 34.7. The molecule has 9 atom stereocenters. The molecule has 0 unspecified atom stereocenters. The fraction of sp³-hybridized carbons (Fsp3) is 0.739. The molecule has 1 aromatic rings. The number of allylic oxidation sites excluding steroid dienone is 1. The monoisotopic (exact) mass is 745 g/mol. The second-order valence-electron chi connectivity index (χ2n) is 20.3. The number of aliphatic carboxylic acids is 1. The fourth-order valence-electron chi connectivity index (χ4n) is 13.4. The maximum absolute atomic E-state index is 14.3. The van der Waals surface area contributed by atoms with Crippen molar-refractivity contribution in [2.45, 2.75) is 152 Å². The van der Waals surface area contributed by atoms with Crippen LogP contribution in [-0.2, 0) is 35.2 Å². The summed E-state index contributed by atoms with van der Waals surface area (Å²) < 4.78 is 12.5. The molecule has 4 fully saturated rings. The lowest BCUT2D eigenvalue weighted by Gasteiger charge is -2.72. The molecule has 0 amide bonds. The number of esters is 2. The summed E-state index contributed by atoms with van der Waals surface area (Å²) in [6.45, 7) is 22.3. The lowest BCUT2D eigenvalue weighted by Crippen LogP contribution is -2.66. The molecule has 5 aliphatic rings. The standard InChI is InChI=1S/C46H67NO7/c1-28(2)38-32(49)24-46(36(53-29(3)48)27-47-26-30-14-12-11-13-15-30)23-22-44(9)31(39(38)46)16-17-34-43(8)20-19-35(54-37(50)25-41(4,5)40(51)52)42(6,7)33(43)18-21-45(34,44)10/h11-15,28,31,33-36,47H,16-27H2,1-10H3,(H,51,52)/t31-,33+,34-,35+,36+,43+,44-,45-,46-/m1/s1. The molecule has 8 heteroatoms. The van der Waals surface area contributed by atoms with Gasteiger partial charge in [0, 0.05) is 37.3 Å². The normalized spacial score (nSPS) is 36.4. The van der Waals surface area contributed by atoms with E-state index in [4.69, 9.17) is 9.47 Å². The number of hydrogen-bond donors (Lipinski definition) is 2. The van der Waals surface area contributed by atoms with E-state index in [0.29, 0.717) is 31.3 Å². The summed E-state index contributed by atoms with van der Waals surface area (Å²) in [5.74, 6) is -0.350. The molecule has 2 N–H and O–H groups in total. The van der Waals surface area contributed by atoms with Crippen LogP contribution < -0.4 is 5.32 Å². The number of nitrogens with one attached hydrogen (secondary N) is 1. The molecule has 0 spiro atoms. The van der Waals surface area contributed by atoms with Crippen molar-refractivity contribution in [3.63, 3.8) is 0 Å². The van der Waals surface area contributed by atoms with E-state index in [2.05, 4.69) is 65.9 Å². The number of carboxylic acids is 1. The zero-order valence-corrected chi connectivity index (χ0v) is 34.7. The maximum atomic E-state index is 14.3. The molecule has 5 aliphatic carbocycles. The Balaban J connectivity index is 1.30. The molecule has 54 heavy (non-hydrogen) atoms. The smallest absolute Gasteiger partial charge is 0.309 e. The summed E-state index contributed by atoms with van der Waals surface area (Å²) in [4.78, 5) is 51.9. The Labute approximate surface area is 324 Å². The predicted octanol–water partition coefficient (Wildman–Crippen LogP) is 9.10. The first-order chi connectivity index (χ1) is 25.1. The minimum absolute atomic E-state index is 0.0294. The van der Waals surface area contributed by atoms with Crippen LogP contribution in [0, 0.1) is 56.2 Å². The number of benzene rings is 1. The highest BCUT2D eigenvalue weighted by Crippen LogP contribution is 2.77. The highest BCUT2D eigenvalue weighted by atomic mass is 16.5. The van der Waals surface area contributed by atoms with Crippen LogP contribution in [-0.4, -0.2) is 47.6 Å². The van der Waals surface area contributed by atoms with Crippen LogP contribution in [0.5, 0.6) is 0 Å². The van der Waals surface area contributed by atoms with Crippen LogP contribution >= 0.6 is 0 Å². The third-order valence-electron chi connectivity index (χ3n) is 16.3. The molecule has 298 valence electrons. The predicted molar refractivity (Wildman–Crippen MR) is 209 cm³/mol. The van der Waals surface area contributed by atoms with Gasteiger partial charge < -0.3 is 19.9 Å². The van der Waals surface area contributed by atoms with E-state index in [1.807, 2.05) is 18.2 Å². The van der Waals surface area contributed by atoms with Crippen molar-refractivity contribution in [2.75, 3.05) is 6.54 Å². The van der Waals surface area contributed by atoms with Crippen LogP contribution in [0.25, 0.3) is 0 Å². The zero-order chi connectivity index (χ0) is 39.6. The number of hydrogen-bond acceptors (Lipinski definition) is 7. The molecule has 6 rings (SSSR count). The maximum Gasteiger partial charge on any atom is 0.309 e. The molecule has 0 heterocycles. The molecule has 0 aliphatic heterocycles. The van der Waals surface area contributed by atoms with Crippen molar-refractivity contribution in [1.29, 1.82) is 0 Å². The number of ketones is 1. The van der Waals surface area contributed by atoms with E-state index in [9.17, 15) is 24.3 Å². The SMILES string of the molecule is CC(=O)O[C@@H](CNCc1ccccc1)[C@]12CC[C@]3(C)[C@H](CC[C@@H]4[C@@]5(C)CC[C@H](OC(=O)CC(C)(C)C(=O)O)C(C)(C)[C@@H]5CC[C@]43C)C1=C(C(C)C)C(=O)C2. The molecular weight excluding hydrogens is 679 g/mol. The first-order valence-corrected chi connectivity index (χ1v) is 20.8. The van der Waals surface area contributed by atoms with Crippen molar-refractivity contribution in [1.82, 2.24) is 5.32 Å². The molecule has 0 radical (unpaired) electrons. The van der Waals surface area contributed by atoms with Crippen LogP contribution in [0.1, 0.15) is 139 Å². The number of carbonyl (C=O) groups is 4. The van der Waals surface area contributed by atoms with Crippen LogP contribution in [0.3, 0.4) is 0 Å². The number of Topliss-reactive ketones (excluding diaryl/α,β-unsaturated/α-hetero) is 1. The van der Waals surface area contributed by atoms with Gasteiger partial charge in [-0.1, -0.05) is 78.8 Å². The summed E-state index contributed by atoms with van der Waals surface area (Å²) in [7, 11) is 0. The summed E-state index contributed by atoms with van der Waals surface area (Å²) >= 11 is 0. The number of ether oxygens (including phenoxy) is 2. The lowest BCUT2D eigenvalue weighted by molar-refractivity contribution is -0.235. The first kappa shape index (κ1) is 40.7. The van der Waals surface area contributed by atoms with Crippen molar-refractivity contribution in [3.8, 4) is 0 Å². The molecule has 8 nitrogen and oxygen atoms in total. The Morgan fingerprint density at radius 1 is 0.907 bits per heavy atom. The Bertz CT molecular complexity index is 1680. The van der Waals surface area contributed by atoms with Crippen LogP contribution in [0.4, 0.5) is 0 Å². The van der Waals surface area contributed by atoms with Gasteiger partial charge in [-0.05, 0) is 122 Å². The van der Waals surface area contributed by atoms with Gasteiger partial charge in [0.2, 0.25) is 0 Å². The summed E-state index contributed by atoms with van der Waals surface area (Å²) in [6.07, 6.45) is 7.29. The van der Waals surface area contributed by atoms with Gasteiger partial charge in [-0.2, -0.15) is 0 Å². The Hall–Kier alpha value is -3.00. The minimum atomic E-state index is -1.17. The quantitative estimate of drug-likeness (QED) is 0.216. The Morgan fingerprint density at radius 3 is 2.22 bits per heavy atom. The molecular formula is C46H67NO7. The van der Waals surface area contributed by atoms with Crippen molar-refractivity contribution < 1.29 is 33.8 Å². The highest BCUT2D eigenvalue weighted by Gasteiger charge is 2.71. The Morgan fingerprint density at radius 2 is 1.59 bits per heavy atom. The molecule has 0 saturated heterocycles. The second kappa shape index (κ2) is 14.2. The van der Waals surface area contributed by atoms with Crippen molar-refractivity contribution in [2.24, 2.45) is 56.2 Å². The van der Waals surface area contributed by atoms with Gasteiger partial charge in [-0.15, -0.1) is 0 Å². The third kappa shape index (κ3) is 6.48. The average Bonchev–Trinajstić information content (AvgIpc) is 3.39. The number of carboxylic acid groups (broad SMARTS) is 1. The van der Waals surface area contributed by atoms with Gasteiger partial charge in [0.25, 0.3) is 0 Å². The van der Waals surface area contributed by atoms with E-state index >= 15 is 0 Å². The number of fused-ring (bicyclic) bond motifs is 7. The fourth-order valence-corrected chi connectivity index (χ4v) is 13.4. The van der Waals surface area contributed by atoms with Gasteiger partial charge >= 0.3 is 17.9 Å². The molecule has 0 aromatic heterocycles. The second-order valence-corrected chi connectivity index (χ2v) is 20.3. The topological polar surface area (TPSA) is 119 Å². The van der Waals surface area contributed by atoms with Gasteiger partial charge in [-0.3, -0.25) is 19.2 Å². The summed E-state index contributed by atoms with van der Waals surface area (Å²) in [5.41, 5.74) is 1.55. The van der Waals surface area contributed by atoms with Crippen LogP contribution in [0.15, 0.2) is 41.5 Å². The van der Waals surface area contributed by atoms with E-state index in [0.717, 1.165) is 56.9 Å². The van der Waals surface area contributed by atoms with Gasteiger partial charge in [0.1, 0.15) is 12.2 Å². The van der Waals surface area contributed by atoms with E-state index in [1.54, 1.807) is 13.8 Å². The third-order valence-corrected chi connectivity index (χ3v) is 16.3. The van der Waals surface area contributed by atoms with Crippen LogP contribution in [0.2, 0.25) is 0 Å². The van der Waals surface area contributed by atoms with Gasteiger partial charge in [0.15, 0.2) is 5.78 Å². The lowest BCUT2D eigenvalue weighted by atomic mass is 9.33. The van der Waals surface area contributed by atoms with Gasteiger partial charge in [0.05, 0.1) is 11.8 Å². The largest absolute Gasteiger partial charge is 0.481 e.